The normalized spacial score (nSPS) is 25.1. The fraction of sp³-hybridized carbons (Fsp3) is 0.833. The first kappa shape index (κ1) is 6.05. The fourth-order valence-corrected chi connectivity index (χ4v) is 0.825. The van der Waals surface area contributed by atoms with E-state index in [1.54, 1.807) is 5.06 Å². The predicted molar refractivity (Wildman–Crippen MR) is 31.9 cm³/mol. The van der Waals surface area contributed by atoms with E-state index >= 15 is 0 Å². The minimum Gasteiger partial charge on any atom is -0.299 e. The lowest BCUT2D eigenvalue weighted by Crippen LogP contribution is -2.14. The summed E-state index contributed by atoms with van der Waals surface area (Å²) in [5.74, 6) is 0. The molecule has 0 amide bonds. The summed E-state index contributed by atoms with van der Waals surface area (Å²) < 4.78 is 0. The number of hydrogen-bond donors (Lipinski definition) is 0. The lowest BCUT2D eigenvalue weighted by molar-refractivity contribution is -0.114. The Morgan fingerprint density at radius 3 is 3.00 bits per heavy atom. The van der Waals surface area contributed by atoms with Crippen molar-refractivity contribution in [2.45, 2.75) is 19.3 Å². The Kier molecular flexibility index (Phi) is 2.30. The van der Waals surface area contributed by atoms with Crippen LogP contribution in [0.2, 0.25) is 0 Å². The molecule has 8 heavy (non-hydrogen) atoms. The highest BCUT2D eigenvalue weighted by Crippen LogP contribution is 2.04. The Hall–Kier alpha value is -0.0800. The number of hydrogen-bond acceptors (Lipinski definition) is 2. The molecular weight excluding hydrogens is 102 g/mol. The van der Waals surface area contributed by atoms with Crippen LogP contribution in [0.5, 0.6) is 0 Å². The number of hydroxylamine groups is 2. The summed E-state index contributed by atoms with van der Waals surface area (Å²) in [4.78, 5) is 5.12. The first-order valence-corrected chi connectivity index (χ1v) is 3.10. The van der Waals surface area contributed by atoms with E-state index in [1.165, 1.54) is 19.3 Å². The summed E-state index contributed by atoms with van der Waals surface area (Å²) in [6.07, 6.45) is 3.70. The molecule has 1 rings (SSSR count). The summed E-state index contributed by atoms with van der Waals surface area (Å²) in [7, 11) is 3.67. The van der Waals surface area contributed by atoms with E-state index in [-0.39, 0.29) is 0 Å². The van der Waals surface area contributed by atoms with Crippen LogP contribution in [0.1, 0.15) is 19.3 Å². The van der Waals surface area contributed by atoms with Crippen molar-refractivity contribution in [3.05, 3.63) is 7.05 Å². The molecule has 2 heteroatoms. The molecular formula is C6H12NO. The molecule has 1 radical (unpaired) electrons. The highest BCUT2D eigenvalue weighted by molar-refractivity contribution is 4.49. The van der Waals surface area contributed by atoms with Crippen molar-refractivity contribution >= 4 is 0 Å². The van der Waals surface area contributed by atoms with E-state index in [1.807, 2.05) is 0 Å². The molecule has 0 saturated carbocycles. The molecule has 0 aromatic rings. The van der Waals surface area contributed by atoms with Gasteiger partial charge in [0.1, 0.15) is 0 Å². The molecule has 0 aliphatic carbocycles. The molecule has 0 unspecified atom stereocenters. The zero-order chi connectivity index (χ0) is 5.82. The zero-order valence-electron chi connectivity index (χ0n) is 5.10. The maximum Gasteiger partial charge on any atom is 0.0685 e. The van der Waals surface area contributed by atoms with Gasteiger partial charge in [0.2, 0.25) is 0 Å². The van der Waals surface area contributed by atoms with Crippen LogP contribution in [0.25, 0.3) is 0 Å². The van der Waals surface area contributed by atoms with Crippen molar-refractivity contribution in [3.8, 4) is 0 Å². The monoisotopic (exact) mass is 114 g/mol. The van der Waals surface area contributed by atoms with Gasteiger partial charge in [0.05, 0.1) is 6.61 Å². The fourth-order valence-electron chi connectivity index (χ4n) is 0.825. The lowest BCUT2D eigenvalue weighted by Gasteiger charge is -2.10. The highest BCUT2D eigenvalue weighted by Gasteiger charge is 2.02. The first-order chi connectivity index (χ1) is 3.89. The molecule has 1 saturated heterocycles. The van der Waals surface area contributed by atoms with Gasteiger partial charge in [0, 0.05) is 13.6 Å². The Bertz CT molecular complexity index is 57.5. The van der Waals surface area contributed by atoms with Gasteiger partial charge < -0.3 is 0 Å². The molecule has 1 aliphatic heterocycles. The summed E-state index contributed by atoms with van der Waals surface area (Å²) in [6.45, 7) is 1.84. The van der Waals surface area contributed by atoms with Crippen LogP contribution >= 0.6 is 0 Å². The van der Waals surface area contributed by atoms with E-state index in [0.29, 0.717) is 0 Å². The molecule has 0 bridgehead atoms. The van der Waals surface area contributed by atoms with Crippen LogP contribution in [-0.2, 0) is 4.84 Å². The molecule has 2 nitrogen and oxygen atoms in total. The first-order valence-electron chi connectivity index (χ1n) is 3.10. The number of rotatable bonds is 0. The predicted octanol–water partition coefficient (Wildman–Crippen LogP) is 1.20. The van der Waals surface area contributed by atoms with Crippen LogP contribution in [0.15, 0.2) is 0 Å². The van der Waals surface area contributed by atoms with Crippen LogP contribution in [0.4, 0.5) is 0 Å². The molecule has 1 heterocycles. The van der Waals surface area contributed by atoms with E-state index in [0.717, 1.165) is 13.2 Å². The van der Waals surface area contributed by atoms with Gasteiger partial charge >= 0.3 is 0 Å². The topological polar surface area (TPSA) is 12.5 Å². The molecule has 0 spiro atoms. The van der Waals surface area contributed by atoms with Crippen molar-refractivity contribution in [2.75, 3.05) is 13.2 Å². The highest BCUT2D eigenvalue weighted by atomic mass is 16.7. The summed E-state index contributed by atoms with van der Waals surface area (Å²) in [6, 6.07) is 0. The maximum absolute atomic E-state index is 5.12. The second-order valence-corrected chi connectivity index (χ2v) is 2.10. The second-order valence-electron chi connectivity index (χ2n) is 2.10. The minimum absolute atomic E-state index is 0.851. The van der Waals surface area contributed by atoms with Gasteiger partial charge in [0.25, 0.3) is 0 Å². The average Bonchev–Trinajstić information content (AvgIpc) is 1.94. The van der Waals surface area contributed by atoms with Crippen LogP contribution in [0.3, 0.4) is 0 Å². The van der Waals surface area contributed by atoms with Gasteiger partial charge in [-0.05, 0) is 19.3 Å². The minimum atomic E-state index is 0.851. The standard InChI is InChI=1S/C6H12NO/c1-7-5-3-2-4-6-8-7/h1-6H2. The van der Waals surface area contributed by atoms with Crippen molar-refractivity contribution in [1.29, 1.82) is 0 Å². The van der Waals surface area contributed by atoms with Gasteiger partial charge in [-0.2, -0.15) is 5.06 Å². The Balaban J connectivity index is 2.17. The van der Waals surface area contributed by atoms with E-state index in [4.69, 9.17) is 4.84 Å². The summed E-state index contributed by atoms with van der Waals surface area (Å²) >= 11 is 0. The Morgan fingerprint density at radius 2 is 2.12 bits per heavy atom. The van der Waals surface area contributed by atoms with Crippen LogP contribution < -0.4 is 0 Å². The number of nitrogens with zero attached hydrogens (tertiary/aromatic N) is 1. The third kappa shape index (κ3) is 1.80. The van der Waals surface area contributed by atoms with Crippen molar-refractivity contribution < 1.29 is 4.84 Å². The largest absolute Gasteiger partial charge is 0.299 e. The van der Waals surface area contributed by atoms with Crippen LogP contribution in [0, 0.1) is 7.05 Å². The molecule has 1 fully saturated rings. The lowest BCUT2D eigenvalue weighted by atomic mass is 10.2. The molecule has 0 N–H and O–H groups in total. The van der Waals surface area contributed by atoms with Gasteiger partial charge in [-0.3, -0.25) is 4.84 Å². The zero-order valence-corrected chi connectivity index (χ0v) is 5.10. The Morgan fingerprint density at radius 1 is 1.25 bits per heavy atom. The molecule has 0 atom stereocenters. The second kappa shape index (κ2) is 3.05. The van der Waals surface area contributed by atoms with Crippen molar-refractivity contribution in [2.24, 2.45) is 0 Å². The quantitative estimate of drug-likeness (QED) is 0.469. The maximum atomic E-state index is 5.12. The van der Waals surface area contributed by atoms with Gasteiger partial charge in [-0.15, -0.1) is 0 Å². The van der Waals surface area contributed by atoms with E-state index < -0.39 is 0 Å². The molecule has 0 aromatic heterocycles. The van der Waals surface area contributed by atoms with E-state index in [9.17, 15) is 0 Å². The summed E-state index contributed by atoms with van der Waals surface area (Å²) in [5.41, 5.74) is 0. The smallest absolute Gasteiger partial charge is 0.0685 e. The van der Waals surface area contributed by atoms with Gasteiger partial charge in [-0.1, -0.05) is 0 Å². The van der Waals surface area contributed by atoms with Gasteiger partial charge in [-0.25, -0.2) is 0 Å². The Labute approximate surface area is 50.4 Å². The van der Waals surface area contributed by atoms with Crippen molar-refractivity contribution in [1.82, 2.24) is 5.06 Å². The van der Waals surface area contributed by atoms with Crippen molar-refractivity contribution in [3.63, 3.8) is 0 Å². The van der Waals surface area contributed by atoms with E-state index in [2.05, 4.69) is 7.05 Å². The third-order valence-corrected chi connectivity index (χ3v) is 1.33. The van der Waals surface area contributed by atoms with Crippen LogP contribution in [-0.4, -0.2) is 18.2 Å². The average molecular weight is 114 g/mol. The molecule has 0 aromatic carbocycles. The SMILES string of the molecule is [CH2]N1CCCCCO1. The molecule has 47 valence electrons. The van der Waals surface area contributed by atoms with Gasteiger partial charge in [0.15, 0.2) is 0 Å². The third-order valence-electron chi connectivity index (χ3n) is 1.33. The molecule has 1 aliphatic rings. The summed E-state index contributed by atoms with van der Waals surface area (Å²) in [5, 5.41) is 1.67.